The first-order chi connectivity index (χ1) is 13.2. The van der Waals surface area contributed by atoms with Crippen LogP contribution >= 0.6 is 0 Å². The molecule has 1 amide bonds. The summed E-state index contributed by atoms with van der Waals surface area (Å²) in [5, 5.41) is 0. The Balaban J connectivity index is 1.77. The first-order valence-corrected chi connectivity index (χ1v) is 8.79. The molecule has 1 heterocycles. The van der Waals surface area contributed by atoms with Crippen molar-refractivity contribution in [2.24, 2.45) is 0 Å². The molecule has 1 fully saturated rings. The standard InChI is InChI=1S/C20H19F5N2O/c21-19(22,20(23,24)25)18(28)27-13-11-26(12-14-27)17(15-7-3-1-4-8-15)16-9-5-2-6-10-16/h1-10,17H,11-14H2. The van der Waals surface area contributed by atoms with E-state index < -0.39 is 18.0 Å². The first-order valence-electron chi connectivity index (χ1n) is 8.79. The van der Waals surface area contributed by atoms with E-state index in [4.69, 9.17) is 0 Å². The number of alkyl halides is 5. The Labute approximate surface area is 159 Å². The van der Waals surface area contributed by atoms with E-state index >= 15 is 0 Å². The summed E-state index contributed by atoms with van der Waals surface area (Å²) in [5.74, 6) is -7.55. The number of carbonyl (C=O) groups excluding carboxylic acids is 1. The minimum Gasteiger partial charge on any atom is -0.335 e. The lowest BCUT2D eigenvalue weighted by molar-refractivity contribution is -0.274. The Bertz CT molecular complexity index is 748. The summed E-state index contributed by atoms with van der Waals surface area (Å²) in [4.78, 5) is 14.3. The second kappa shape index (κ2) is 7.87. The van der Waals surface area contributed by atoms with Crippen LogP contribution < -0.4 is 0 Å². The van der Waals surface area contributed by atoms with Crippen molar-refractivity contribution in [3.63, 3.8) is 0 Å². The van der Waals surface area contributed by atoms with E-state index in [1.165, 1.54) is 0 Å². The smallest absolute Gasteiger partial charge is 0.335 e. The Morgan fingerprint density at radius 2 is 1.18 bits per heavy atom. The largest absolute Gasteiger partial charge is 0.463 e. The zero-order valence-corrected chi connectivity index (χ0v) is 14.9. The van der Waals surface area contributed by atoms with Gasteiger partial charge in [-0.3, -0.25) is 9.69 Å². The second-order valence-electron chi connectivity index (χ2n) is 6.62. The summed E-state index contributed by atoms with van der Waals surface area (Å²) < 4.78 is 64.2. The molecule has 0 radical (unpaired) electrons. The van der Waals surface area contributed by atoms with Crippen molar-refractivity contribution in [3.8, 4) is 0 Å². The SMILES string of the molecule is O=C(N1CCN(C(c2ccccc2)c2ccccc2)CC1)C(F)(F)C(F)(F)F. The highest BCUT2D eigenvalue weighted by Crippen LogP contribution is 2.37. The summed E-state index contributed by atoms with van der Waals surface area (Å²) in [6.07, 6.45) is -5.89. The third-order valence-electron chi connectivity index (χ3n) is 4.82. The van der Waals surface area contributed by atoms with Crippen molar-refractivity contribution in [2.75, 3.05) is 26.2 Å². The van der Waals surface area contributed by atoms with Crippen molar-refractivity contribution >= 4 is 5.91 Å². The van der Waals surface area contributed by atoms with Crippen LogP contribution in [0.4, 0.5) is 22.0 Å². The highest BCUT2D eigenvalue weighted by Gasteiger charge is 2.64. The maximum atomic E-state index is 13.4. The van der Waals surface area contributed by atoms with Gasteiger partial charge in [0.25, 0.3) is 0 Å². The van der Waals surface area contributed by atoms with E-state index in [2.05, 4.69) is 0 Å². The van der Waals surface area contributed by atoms with Crippen LogP contribution in [0.15, 0.2) is 60.7 Å². The number of benzene rings is 2. The molecule has 3 rings (SSSR count). The summed E-state index contributed by atoms with van der Waals surface area (Å²) >= 11 is 0. The van der Waals surface area contributed by atoms with E-state index in [0.717, 1.165) is 11.1 Å². The molecule has 0 aromatic heterocycles. The molecule has 3 nitrogen and oxygen atoms in total. The average molecular weight is 398 g/mol. The second-order valence-corrected chi connectivity index (χ2v) is 6.62. The number of hydrogen-bond acceptors (Lipinski definition) is 2. The molecule has 150 valence electrons. The lowest BCUT2D eigenvalue weighted by Gasteiger charge is -2.40. The van der Waals surface area contributed by atoms with E-state index in [9.17, 15) is 26.7 Å². The third kappa shape index (κ3) is 4.01. The van der Waals surface area contributed by atoms with Gasteiger partial charge in [0.05, 0.1) is 6.04 Å². The van der Waals surface area contributed by atoms with Gasteiger partial charge in [0.2, 0.25) is 0 Å². The molecule has 1 aliphatic rings. The lowest BCUT2D eigenvalue weighted by atomic mass is 9.96. The van der Waals surface area contributed by atoms with Gasteiger partial charge in [0.15, 0.2) is 0 Å². The number of rotatable bonds is 4. The highest BCUT2D eigenvalue weighted by atomic mass is 19.4. The molecular weight excluding hydrogens is 379 g/mol. The van der Waals surface area contributed by atoms with Crippen LogP contribution in [0.1, 0.15) is 17.2 Å². The van der Waals surface area contributed by atoms with Crippen molar-refractivity contribution in [2.45, 2.75) is 18.1 Å². The molecule has 0 saturated carbocycles. The molecule has 0 aliphatic carbocycles. The number of nitrogens with zero attached hydrogens (tertiary/aromatic N) is 2. The average Bonchev–Trinajstić information content (AvgIpc) is 2.69. The molecule has 1 saturated heterocycles. The summed E-state index contributed by atoms with van der Waals surface area (Å²) in [6, 6.07) is 18.9. The molecule has 0 spiro atoms. The Kier molecular flexibility index (Phi) is 5.69. The number of halogens is 5. The fraction of sp³-hybridized carbons (Fsp3) is 0.350. The van der Waals surface area contributed by atoms with Crippen LogP contribution in [0.25, 0.3) is 0 Å². The van der Waals surface area contributed by atoms with Crippen molar-refractivity contribution < 1.29 is 26.7 Å². The van der Waals surface area contributed by atoms with Gasteiger partial charge in [-0.2, -0.15) is 22.0 Å². The van der Waals surface area contributed by atoms with E-state index in [0.29, 0.717) is 4.90 Å². The van der Waals surface area contributed by atoms with Crippen LogP contribution in [0.3, 0.4) is 0 Å². The third-order valence-corrected chi connectivity index (χ3v) is 4.82. The maximum absolute atomic E-state index is 13.4. The highest BCUT2D eigenvalue weighted by molar-refractivity contribution is 5.84. The maximum Gasteiger partial charge on any atom is 0.463 e. The molecule has 0 N–H and O–H groups in total. The van der Waals surface area contributed by atoms with Gasteiger partial charge < -0.3 is 4.90 Å². The molecule has 8 heteroatoms. The van der Waals surface area contributed by atoms with Crippen LogP contribution in [-0.4, -0.2) is 54.0 Å². The Morgan fingerprint density at radius 1 is 0.750 bits per heavy atom. The Morgan fingerprint density at radius 3 is 1.57 bits per heavy atom. The van der Waals surface area contributed by atoms with Gasteiger partial charge in [-0.15, -0.1) is 0 Å². The number of hydrogen-bond donors (Lipinski definition) is 0. The minimum absolute atomic E-state index is 0.178. The van der Waals surface area contributed by atoms with Crippen LogP contribution in [0, 0.1) is 0 Å². The molecule has 0 atom stereocenters. The molecule has 2 aromatic rings. The monoisotopic (exact) mass is 398 g/mol. The molecule has 2 aromatic carbocycles. The lowest BCUT2D eigenvalue weighted by Crippen LogP contribution is -2.57. The topological polar surface area (TPSA) is 23.6 Å². The van der Waals surface area contributed by atoms with E-state index in [1.54, 1.807) is 0 Å². The van der Waals surface area contributed by atoms with E-state index in [-0.39, 0.29) is 32.2 Å². The fourth-order valence-electron chi connectivity index (χ4n) is 3.39. The van der Waals surface area contributed by atoms with Crippen LogP contribution in [0.2, 0.25) is 0 Å². The van der Waals surface area contributed by atoms with Gasteiger partial charge in [-0.25, -0.2) is 0 Å². The molecule has 0 bridgehead atoms. The van der Waals surface area contributed by atoms with E-state index in [1.807, 2.05) is 65.6 Å². The summed E-state index contributed by atoms with van der Waals surface area (Å²) in [7, 11) is 0. The molecular formula is C20H19F5N2O. The van der Waals surface area contributed by atoms with Gasteiger partial charge in [0.1, 0.15) is 0 Å². The fourth-order valence-corrected chi connectivity index (χ4v) is 3.39. The van der Waals surface area contributed by atoms with Crippen molar-refractivity contribution in [3.05, 3.63) is 71.8 Å². The number of piperazine rings is 1. The van der Waals surface area contributed by atoms with Gasteiger partial charge >= 0.3 is 18.0 Å². The van der Waals surface area contributed by atoms with Crippen molar-refractivity contribution in [1.82, 2.24) is 9.80 Å². The predicted molar refractivity (Wildman–Crippen MR) is 93.9 cm³/mol. The van der Waals surface area contributed by atoms with Crippen LogP contribution in [0.5, 0.6) is 0 Å². The number of amides is 1. The van der Waals surface area contributed by atoms with Crippen molar-refractivity contribution in [1.29, 1.82) is 0 Å². The van der Waals surface area contributed by atoms with Gasteiger partial charge in [-0.05, 0) is 11.1 Å². The summed E-state index contributed by atoms with van der Waals surface area (Å²) in [6.45, 7) is -0.0103. The predicted octanol–water partition coefficient (Wildman–Crippen LogP) is 4.12. The quantitative estimate of drug-likeness (QED) is 0.724. The normalized spacial score (nSPS) is 16.4. The minimum atomic E-state index is -5.89. The van der Waals surface area contributed by atoms with Crippen LogP contribution in [-0.2, 0) is 4.79 Å². The molecule has 1 aliphatic heterocycles. The Hall–Kier alpha value is -2.48. The molecule has 28 heavy (non-hydrogen) atoms. The first kappa shape index (κ1) is 20.3. The zero-order chi connectivity index (χ0) is 20.4. The molecule has 0 unspecified atom stereocenters. The number of carbonyl (C=O) groups is 1. The zero-order valence-electron chi connectivity index (χ0n) is 14.9. The summed E-state index contributed by atoms with van der Waals surface area (Å²) in [5.41, 5.74) is 1.96. The van der Waals surface area contributed by atoms with Gasteiger partial charge in [0, 0.05) is 26.2 Å². The van der Waals surface area contributed by atoms with Gasteiger partial charge in [-0.1, -0.05) is 60.7 Å².